The van der Waals surface area contributed by atoms with E-state index in [4.69, 9.17) is 24.8 Å². The topological polar surface area (TPSA) is 155 Å². The first kappa shape index (κ1) is 41.2. The second-order valence-corrected chi connectivity index (χ2v) is 12.0. The third kappa shape index (κ3) is 28.7. The van der Waals surface area contributed by atoms with Crippen LogP contribution in [0.2, 0.25) is 0 Å². The fraction of sp³-hybridized carbons (Fsp3) is 0.750. The van der Waals surface area contributed by atoms with Gasteiger partial charge in [-0.25, -0.2) is 4.57 Å². The number of allylic oxidation sites excluding steroid dienone is 6. The lowest BCUT2D eigenvalue weighted by Crippen LogP contribution is -2.34. The standard InChI is InChI=1S/C32H58NO9P/c1-3-5-7-9-11-13-14-15-16-17-18-20-22-24-31(34)42-29(26-39-25-23-21-19-12-10-8-6-4-2)27-40-43(37,38)41-28-30(33)32(35)36/h5,7,11,13,15-16,29-30H,3-4,6,8-10,12,14,17-28,33H2,1-2H3,(H,35,36)(H,37,38)/b7-5-,13-11-,16-15-. The van der Waals surface area contributed by atoms with E-state index in [1.54, 1.807) is 0 Å². The fourth-order valence-corrected chi connectivity index (χ4v) is 4.69. The smallest absolute Gasteiger partial charge is 0.472 e. The molecule has 0 saturated heterocycles. The van der Waals surface area contributed by atoms with E-state index in [-0.39, 0.29) is 13.0 Å². The third-order valence-electron chi connectivity index (χ3n) is 6.43. The highest BCUT2D eigenvalue weighted by atomic mass is 31.2. The number of nitrogens with two attached hydrogens (primary N) is 1. The maximum absolute atomic E-state index is 12.4. The molecule has 0 aromatic heterocycles. The van der Waals surface area contributed by atoms with E-state index < -0.39 is 45.1 Å². The van der Waals surface area contributed by atoms with Crippen LogP contribution in [0.3, 0.4) is 0 Å². The van der Waals surface area contributed by atoms with Crippen molar-refractivity contribution in [1.29, 1.82) is 0 Å². The summed E-state index contributed by atoms with van der Waals surface area (Å²) in [6, 6.07) is -1.47. The van der Waals surface area contributed by atoms with Crippen molar-refractivity contribution in [3.63, 3.8) is 0 Å². The van der Waals surface area contributed by atoms with E-state index in [1.165, 1.54) is 32.1 Å². The molecule has 0 fully saturated rings. The molecule has 0 aromatic rings. The zero-order valence-electron chi connectivity index (χ0n) is 26.5. The molecule has 0 saturated carbocycles. The zero-order valence-corrected chi connectivity index (χ0v) is 27.4. The minimum Gasteiger partial charge on any atom is -0.480 e. The number of hydrogen-bond acceptors (Lipinski definition) is 8. The van der Waals surface area contributed by atoms with Gasteiger partial charge in [0.25, 0.3) is 0 Å². The number of carbonyl (C=O) groups excluding carboxylic acids is 1. The molecule has 0 aromatic carbocycles. The Kier molecular flexibility index (Phi) is 27.7. The van der Waals surface area contributed by atoms with Gasteiger partial charge in [-0.15, -0.1) is 0 Å². The number of carboxylic acids is 1. The van der Waals surface area contributed by atoms with Gasteiger partial charge in [0.2, 0.25) is 0 Å². The van der Waals surface area contributed by atoms with Gasteiger partial charge < -0.3 is 25.2 Å². The minimum absolute atomic E-state index is 0.00497. The Morgan fingerprint density at radius 3 is 2.00 bits per heavy atom. The van der Waals surface area contributed by atoms with Crippen LogP contribution in [0.5, 0.6) is 0 Å². The van der Waals surface area contributed by atoms with Crippen molar-refractivity contribution in [3.8, 4) is 0 Å². The van der Waals surface area contributed by atoms with Crippen LogP contribution in [0.25, 0.3) is 0 Å². The number of carboxylic acid groups (broad SMARTS) is 1. The van der Waals surface area contributed by atoms with Gasteiger partial charge in [0, 0.05) is 13.0 Å². The Hall–Kier alpha value is -1.81. The SMILES string of the molecule is CC/C=C\C/C=C\C/C=C\CCCCCC(=O)OC(COCCCCCCCCCC)COP(=O)(O)OCC(N)C(=O)O. The van der Waals surface area contributed by atoms with Crippen LogP contribution in [0.15, 0.2) is 36.5 Å². The molecule has 0 aliphatic rings. The Bertz CT molecular complexity index is 832. The minimum atomic E-state index is -4.60. The molecule has 0 rings (SSSR count). The first-order valence-electron chi connectivity index (χ1n) is 16.0. The number of phosphoric acid groups is 1. The summed E-state index contributed by atoms with van der Waals surface area (Å²) in [7, 11) is -4.60. The summed E-state index contributed by atoms with van der Waals surface area (Å²) in [6.45, 7) is 3.66. The van der Waals surface area contributed by atoms with Crippen LogP contribution in [0.4, 0.5) is 0 Å². The number of carbonyl (C=O) groups is 2. The molecule has 0 heterocycles. The van der Waals surface area contributed by atoms with E-state index in [0.717, 1.165) is 57.8 Å². The average molecular weight is 632 g/mol. The maximum Gasteiger partial charge on any atom is 0.472 e. The maximum atomic E-state index is 12.4. The van der Waals surface area contributed by atoms with Crippen LogP contribution < -0.4 is 5.73 Å². The molecule has 0 aliphatic heterocycles. The van der Waals surface area contributed by atoms with E-state index in [2.05, 4.69) is 54.8 Å². The predicted octanol–water partition coefficient (Wildman–Crippen LogP) is 7.41. The van der Waals surface area contributed by atoms with Gasteiger partial charge in [-0.3, -0.25) is 18.6 Å². The monoisotopic (exact) mass is 631 g/mol. The molecular weight excluding hydrogens is 573 g/mol. The van der Waals surface area contributed by atoms with Crippen LogP contribution >= 0.6 is 7.82 Å². The van der Waals surface area contributed by atoms with Crippen molar-refractivity contribution in [2.45, 2.75) is 129 Å². The largest absolute Gasteiger partial charge is 0.480 e. The number of aliphatic carboxylic acids is 1. The Balaban J connectivity index is 4.44. The number of hydrogen-bond donors (Lipinski definition) is 3. The molecule has 3 atom stereocenters. The number of unbranched alkanes of at least 4 members (excludes halogenated alkanes) is 10. The van der Waals surface area contributed by atoms with Crippen LogP contribution in [-0.2, 0) is 32.7 Å². The third-order valence-corrected chi connectivity index (χ3v) is 7.38. The van der Waals surface area contributed by atoms with Crippen molar-refractivity contribution < 1.29 is 42.7 Å². The summed E-state index contributed by atoms with van der Waals surface area (Å²) in [4.78, 5) is 33.1. The highest BCUT2D eigenvalue weighted by Gasteiger charge is 2.27. The summed E-state index contributed by atoms with van der Waals surface area (Å²) in [5.74, 6) is -1.82. The van der Waals surface area contributed by atoms with Gasteiger partial charge in [-0.2, -0.15) is 0 Å². The van der Waals surface area contributed by atoms with Gasteiger partial charge in [0.15, 0.2) is 0 Å². The lowest BCUT2D eigenvalue weighted by atomic mass is 10.1. The van der Waals surface area contributed by atoms with Crippen molar-refractivity contribution in [2.24, 2.45) is 5.73 Å². The summed E-state index contributed by atoms with van der Waals surface area (Å²) in [5.41, 5.74) is 5.30. The Morgan fingerprint density at radius 2 is 1.35 bits per heavy atom. The highest BCUT2D eigenvalue weighted by molar-refractivity contribution is 7.47. The summed E-state index contributed by atoms with van der Waals surface area (Å²) in [5, 5.41) is 8.81. The van der Waals surface area contributed by atoms with Gasteiger partial charge in [0.05, 0.1) is 19.8 Å². The molecule has 0 amide bonds. The first-order valence-corrected chi connectivity index (χ1v) is 17.5. The second kappa shape index (κ2) is 28.9. The first-order chi connectivity index (χ1) is 20.7. The molecule has 43 heavy (non-hydrogen) atoms. The molecule has 4 N–H and O–H groups in total. The number of esters is 1. The molecule has 0 radical (unpaired) electrons. The second-order valence-electron chi connectivity index (χ2n) is 10.6. The number of rotatable bonds is 30. The van der Waals surface area contributed by atoms with Crippen molar-refractivity contribution in [3.05, 3.63) is 36.5 Å². The van der Waals surface area contributed by atoms with Crippen LogP contribution in [-0.4, -0.2) is 60.5 Å². The fourth-order valence-electron chi connectivity index (χ4n) is 3.91. The average Bonchev–Trinajstić information content (AvgIpc) is 2.97. The molecule has 10 nitrogen and oxygen atoms in total. The lowest BCUT2D eigenvalue weighted by molar-refractivity contribution is -0.154. The lowest BCUT2D eigenvalue weighted by Gasteiger charge is -2.20. The Morgan fingerprint density at radius 1 is 0.767 bits per heavy atom. The molecule has 11 heteroatoms. The van der Waals surface area contributed by atoms with Gasteiger partial charge >= 0.3 is 19.8 Å². The molecule has 3 unspecified atom stereocenters. The quantitative estimate of drug-likeness (QED) is 0.0316. The predicted molar refractivity (Wildman–Crippen MR) is 171 cm³/mol. The molecule has 0 aliphatic carbocycles. The van der Waals surface area contributed by atoms with Crippen molar-refractivity contribution in [2.75, 3.05) is 26.4 Å². The van der Waals surface area contributed by atoms with Gasteiger partial charge in [-0.05, 0) is 44.9 Å². The molecule has 0 spiro atoms. The van der Waals surface area contributed by atoms with Crippen molar-refractivity contribution >= 4 is 19.8 Å². The van der Waals surface area contributed by atoms with Crippen LogP contribution in [0, 0.1) is 0 Å². The van der Waals surface area contributed by atoms with E-state index in [1.807, 2.05) is 0 Å². The highest BCUT2D eigenvalue weighted by Crippen LogP contribution is 2.43. The normalized spacial score (nSPS) is 14.9. The molecule has 0 bridgehead atoms. The van der Waals surface area contributed by atoms with E-state index in [0.29, 0.717) is 13.0 Å². The number of phosphoric ester groups is 1. The van der Waals surface area contributed by atoms with Gasteiger partial charge in [-0.1, -0.05) is 102 Å². The summed E-state index contributed by atoms with van der Waals surface area (Å²) in [6.07, 6.45) is 27.9. The van der Waals surface area contributed by atoms with Crippen LogP contribution in [0.1, 0.15) is 117 Å². The summed E-state index contributed by atoms with van der Waals surface area (Å²) >= 11 is 0. The number of ether oxygens (including phenoxy) is 2. The zero-order chi connectivity index (χ0) is 32.0. The van der Waals surface area contributed by atoms with E-state index >= 15 is 0 Å². The van der Waals surface area contributed by atoms with Crippen molar-refractivity contribution in [1.82, 2.24) is 0 Å². The molecule has 250 valence electrons. The van der Waals surface area contributed by atoms with Gasteiger partial charge in [0.1, 0.15) is 12.1 Å². The Labute approximate surface area is 259 Å². The van der Waals surface area contributed by atoms with E-state index in [9.17, 15) is 19.0 Å². The summed E-state index contributed by atoms with van der Waals surface area (Å²) < 4.78 is 32.9. The molecular formula is C32H58NO9P.